The zero-order valence-corrected chi connectivity index (χ0v) is 90.6. The Balaban J connectivity index is 0.000000247. The molecule has 0 atom stereocenters. The van der Waals surface area contributed by atoms with E-state index in [1.165, 1.54) is 156 Å². The second-order valence-electron chi connectivity index (χ2n) is 40.3. The Morgan fingerprint density at radius 2 is 0.773 bits per heavy atom. The third kappa shape index (κ3) is 46.3. The highest BCUT2D eigenvalue weighted by atomic mass is 79.9. The average Bonchev–Trinajstić information content (AvgIpc) is 0.838. The molecule has 3 aromatic heterocycles. The molecular weight excluding hydrogens is 1980 g/mol. The van der Waals surface area contributed by atoms with Crippen molar-refractivity contribution in [2.45, 2.75) is 287 Å². The van der Waals surface area contributed by atoms with Crippen molar-refractivity contribution in [2.75, 3.05) is 138 Å². The van der Waals surface area contributed by atoms with E-state index in [0.717, 1.165) is 144 Å². The summed E-state index contributed by atoms with van der Waals surface area (Å²) in [6.07, 6.45) is 29.2. The number of hydrogen-bond acceptors (Lipinski definition) is 30. The second-order valence-corrected chi connectivity index (χ2v) is 41.6. The highest BCUT2D eigenvalue weighted by Crippen LogP contribution is 2.34. The lowest BCUT2D eigenvalue weighted by Crippen LogP contribution is -2.41. The van der Waals surface area contributed by atoms with Crippen LogP contribution in [0.2, 0.25) is 5.28 Å². The molecule has 35 nitrogen and oxygen atoms in total. The van der Waals surface area contributed by atoms with Crippen molar-refractivity contribution < 1.29 is 33.8 Å². The number of hydrogen-bond donors (Lipinski definition) is 9. The summed E-state index contributed by atoms with van der Waals surface area (Å²) in [7, 11) is 0. The first kappa shape index (κ1) is 124. The molecular formula is C113H165BrClN25O10. The van der Waals surface area contributed by atoms with E-state index in [2.05, 4.69) is 232 Å². The zero-order valence-electron chi connectivity index (χ0n) is 88.3. The van der Waals surface area contributed by atoms with Gasteiger partial charge in [-0.05, 0) is 341 Å². The van der Waals surface area contributed by atoms with Crippen molar-refractivity contribution in [1.29, 1.82) is 10.5 Å². The minimum Gasteiger partial charge on any atom is -0.444 e. The van der Waals surface area contributed by atoms with Crippen molar-refractivity contribution in [3.63, 3.8) is 0 Å². The number of amides is 2. The van der Waals surface area contributed by atoms with Crippen LogP contribution in [0.25, 0.3) is 0 Å². The third-order valence-electron chi connectivity index (χ3n) is 26.5. The van der Waals surface area contributed by atoms with Gasteiger partial charge in [-0.2, -0.15) is 25.5 Å². The lowest BCUT2D eigenvalue weighted by molar-refractivity contribution is -0.384. The van der Waals surface area contributed by atoms with Gasteiger partial charge in [0.15, 0.2) is 0 Å². The van der Waals surface area contributed by atoms with E-state index in [1.807, 2.05) is 96.1 Å². The number of piperidine rings is 4. The number of nitrogens with one attached hydrogen (secondary N) is 7. The number of ether oxygens (including phenoxy) is 2. The molecule has 0 radical (unpaired) electrons. The molecule has 7 aliphatic rings. The van der Waals surface area contributed by atoms with E-state index in [9.17, 15) is 39.9 Å². The number of aromatic nitrogens is 6. The lowest BCUT2D eigenvalue weighted by atomic mass is 9.86. The van der Waals surface area contributed by atoms with Gasteiger partial charge >= 0.3 is 29.2 Å². The number of carbonyl (C=O) groups excluding carboxylic acids is 2. The SMILES string of the molecule is C.C.CC(C)(C)OC(=O)NC1CCC(CNc2nc(Cl)ncc2[N+](=O)[O-])CC1.CC(C)(C)OC(=O)NC1CCC(CNc2nc(NCc3cccc(N4CCCCC4)c3)ncc2[N+](=O)[O-])CC1.CCN(CC)CC.Cc1ccccc1.N#Cc1cccc(Br)c1.N#Cc1cccc(N2CCCCC2)c1.NC1CCC(CNc2nc(NCc3cccc(N4CCCCC4)c3)ncc2[N+](=O)[O-])CC1.NCc1cccc(N2CCCCC2)c1. The fourth-order valence-electron chi connectivity index (χ4n) is 18.3. The smallest absolute Gasteiger partial charge is 0.407 e. The minimum atomic E-state index is -0.541. The van der Waals surface area contributed by atoms with Gasteiger partial charge in [0, 0.05) is 137 Å². The standard InChI is InChI=1S/C28H41N7O4.C23H33N7O2.C16H24ClN5O4.C12H18N2.C12H14N2.C7H4BrN.C7H8.C6H15N.2CH4/c1-28(2,3)39-27(36)32-22-12-10-20(11-13-22)17-29-25-24(35(37)38)19-31-26(33-25)30-18-21-8-7-9-23(16-21)34-14-5-4-6-15-34;24-19-9-7-17(8-10-19)14-25-22-21(30(31)32)16-27-23(28-22)26-15-18-5-4-6-20(13-18)29-11-2-1-3-12-29;1-16(2,3)26-15(23)20-11-6-4-10(5-7-11)8-18-13-12(22(24)25)9-19-14(17)21-13;2*13-10-11-5-4-6-12(9-11)14-7-2-1-3-8-14;8-7-3-1-2-6(4-7)5-9;1-7-5-3-2-4-6-7;1-4-7(5-2)6-3;;/h7-9,16,19-20,22H,4-6,10-15,17-18H2,1-3H3,(H,32,36)(H2,29,30,31,33);4-6,13,16-17,19H,1-3,7-12,14-15,24H2,(H2,25,26,27,28);9-11H,4-8H2,1-3H3,(H,20,23)(H,18,19,21);4-6,9H,1-3,7-8,10,13H2;4-6,9H,1-3,7-8H2;1-4H;2-6H,1H3;4-6H2,1-3H3;2*1H4. The summed E-state index contributed by atoms with van der Waals surface area (Å²) in [5.41, 5.74) is 21.3. The van der Waals surface area contributed by atoms with Crippen LogP contribution in [-0.4, -0.2) is 183 Å². The van der Waals surface area contributed by atoms with Crippen LogP contribution in [0.4, 0.5) is 78.8 Å². The molecule has 2 amide bonds. The number of anilines is 9. The molecule has 6 aromatic carbocycles. The molecule has 7 fully saturated rings. The van der Waals surface area contributed by atoms with Gasteiger partial charge in [0.2, 0.25) is 34.6 Å². The van der Waals surface area contributed by atoms with E-state index in [-0.39, 0.29) is 78.9 Å². The van der Waals surface area contributed by atoms with Crippen molar-refractivity contribution in [3.8, 4) is 12.1 Å². The number of benzene rings is 6. The van der Waals surface area contributed by atoms with E-state index >= 15 is 0 Å². The summed E-state index contributed by atoms with van der Waals surface area (Å²) in [6, 6.07) is 55.6. The molecule has 9 aromatic rings. The molecule has 4 aliphatic heterocycles. The number of nitro groups is 3. The lowest BCUT2D eigenvalue weighted by Gasteiger charge is -2.30. The second kappa shape index (κ2) is 66.6. The minimum absolute atomic E-state index is 0. The monoisotopic (exact) mass is 2150 g/mol. The van der Waals surface area contributed by atoms with E-state index in [4.69, 9.17) is 43.1 Å². The summed E-state index contributed by atoms with van der Waals surface area (Å²) < 4.78 is 11.6. The highest BCUT2D eigenvalue weighted by Gasteiger charge is 2.31. The molecule has 4 saturated heterocycles. The van der Waals surface area contributed by atoms with Gasteiger partial charge in [-0.3, -0.25) is 30.3 Å². The maximum Gasteiger partial charge on any atom is 0.407 e. The van der Waals surface area contributed by atoms with Crippen molar-refractivity contribution in [1.82, 2.24) is 45.4 Å². The maximum absolute atomic E-state index is 12.1. The van der Waals surface area contributed by atoms with Crippen LogP contribution in [0.3, 0.4) is 0 Å². The zero-order chi connectivity index (χ0) is 107. The van der Waals surface area contributed by atoms with Gasteiger partial charge < -0.3 is 82.7 Å². The number of nitrogens with zero attached hydrogens (tertiary/aromatic N) is 16. The molecule has 16 rings (SSSR count). The Kier molecular flexibility index (Phi) is 55.1. The summed E-state index contributed by atoms with van der Waals surface area (Å²) in [5, 5.41) is 72.9. The molecule has 11 N–H and O–H groups in total. The van der Waals surface area contributed by atoms with Crippen LogP contribution < -0.4 is 68.3 Å². The first-order valence-corrected chi connectivity index (χ1v) is 53.9. The Morgan fingerprint density at radius 3 is 1.09 bits per heavy atom. The van der Waals surface area contributed by atoms with Gasteiger partial charge in [0.05, 0.1) is 38.0 Å². The molecule has 7 heterocycles. The third-order valence-corrected chi connectivity index (χ3v) is 27.2. The van der Waals surface area contributed by atoms with Crippen molar-refractivity contribution >= 4 is 109 Å². The van der Waals surface area contributed by atoms with Crippen LogP contribution in [0.15, 0.2) is 175 Å². The van der Waals surface area contributed by atoms with Gasteiger partial charge in [0.25, 0.3) is 0 Å². The number of nitrogens with two attached hydrogens (primary N) is 2. The number of aryl methyl sites for hydroxylation is 1. The Bertz CT molecular complexity index is 5580. The Labute approximate surface area is 903 Å². The Morgan fingerprint density at radius 1 is 0.447 bits per heavy atom. The normalized spacial score (nSPS) is 17.7. The van der Waals surface area contributed by atoms with Gasteiger partial charge in [-0.15, -0.1) is 0 Å². The van der Waals surface area contributed by atoms with Crippen molar-refractivity contribution in [2.24, 2.45) is 29.2 Å². The van der Waals surface area contributed by atoms with Crippen LogP contribution in [0, 0.1) is 77.7 Å². The van der Waals surface area contributed by atoms with Gasteiger partial charge in [-0.25, -0.2) is 24.5 Å². The number of alkyl carbamates (subject to hydrolysis) is 2. The molecule has 0 bridgehead atoms. The average molecular weight is 2150 g/mol. The fourth-order valence-corrected chi connectivity index (χ4v) is 18.8. The summed E-state index contributed by atoms with van der Waals surface area (Å²) in [6.45, 7) is 35.7. The molecule has 0 spiro atoms. The summed E-state index contributed by atoms with van der Waals surface area (Å²) in [4.78, 5) is 93.3. The van der Waals surface area contributed by atoms with Crippen LogP contribution in [-0.2, 0) is 29.1 Å². The number of halogens is 2. The van der Waals surface area contributed by atoms with E-state index < -0.39 is 32.1 Å². The molecule has 150 heavy (non-hydrogen) atoms. The maximum atomic E-state index is 12.1. The predicted molar refractivity (Wildman–Crippen MR) is 611 cm³/mol. The summed E-state index contributed by atoms with van der Waals surface area (Å²) >= 11 is 8.97. The van der Waals surface area contributed by atoms with E-state index in [0.29, 0.717) is 74.5 Å². The Hall–Kier alpha value is -12.9. The molecule has 0 unspecified atom stereocenters. The van der Waals surface area contributed by atoms with E-state index in [1.54, 1.807) is 12.1 Å². The van der Waals surface area contributed by atoms with Gasteiger partial charge in [0.1, 0.15) is 29.8 Å². The quantitative estimate of drug-likeness (QED) is 0.0125. The van der Waals surface area contributed by atoms with Crippen LogP contribution in [0.1, 0.15) is 265 Å². The summed E-state index contributed by atoms with van der Waals surface area (Å²) in [5.74, 6) is 2.45. The number of rotatable bonds is 28. The number of nitriles is 2. The molecule has 816 valence electrons. The first-order chi connectivity index (χ1) is 71.2. The largest absolute Gasteiger partial charge is 0.444 e. The highest BCUT2D eigenvalue weighted by molar-refractivity contribution is 9.10. The fraction of sp³-hybridized carbons (Fsp3) is 0.540. The van der Waals surface area contributed by atoms with Crippen LogP contribution >= 0.6 is 27.5 Å². The molecule has 3 aliphatic carbocycles. The molecule has 37 heteroatoms. The molecule has 3 saturated carbocycles. The van der Waals surface area contributed by atoms with Crippen LogP contribution in [0.5, 0.6) is 0 Å². The first-order valence-electron chi connectivity index (χ1n) is 52.8. The van der Waals surface area contributed by atoms with Gasteiger partial charge in [-0.1, -0.05) is 136 Å². The predicted octanol–water partition coefficient (Wildman–Crippen LogP) is 24.6. The number of carbonyl (C=O) groups is 2. The topological polar surface area (TPSA) is 459 Å². The van der Waals surface area contributed by atoms with Crippen molar-refractivity contribution in [3.05, 3.63) is 244 Å².